The van der Waals surface area contributed by atoms with E-state index in [1.807, 2.05) is 24.3 Å². The molecule has 45 heavy (non-hydrogen) atoms. The van der Waals surface area contributed by atoms with Crippen LogP contribution in [0.4, 0.5) is 18.9 Å². The Morgan fingerprint density at radius 1 is 0.956 bits per heavy atom. The predicted molar refractivity (Wildman–Crippen MR) is 168 cm³/mol. The molecule has 2 heterocycles. The summed E-state index contributed by atoms with van der Waals surface area (Å²) in [6, 6.07) is 17.7. The normalized spacial score (nSPS) is 17.3. The standard InChI is InChI=1S/C34H35ClF3N5O2/c35-29-4-2-1-3-23(29)15-40-17-27-18-41-16-26(45-27)13-14-28-30(38)19-42-20-31(28)43-34(44)33(39)32(21-5-9-24(36)10-6-21)22-7-11-25(37)12-8-22/h1-12,19-20,26-27,32-33,40-41H,13-18,39H2,(H,43,44)/t26-,27-,33?/m1/s1. The van der Waals surface area contributed by atoms with Crippen molar-refractivity contribution in [1.82, 2.24) is 15.6 Å². The Bertz CT molecular complexity index is 1530. The monoisotopic (exact) mass is 637 g/mol. The predicted octanol–water partition coefficient (Wildman–Crippen LogP) is 5.33. The van der Waals surface area contributed by atoms with Crippen LogP contribution in [0.1, 0.15) is 34.6 Å². The van der Waals surface area contributed by atoms with Crippen molar-refractivity contribution >= 4 is 23.2 Å². The van der Waals surface area contributed by atoms with Crippen LogP contribution in [0.15, 0.2) is 85.2 Å². The molecule has 1 aromatic heterocycles. The Kier molecular flexibility index (Phi) is 11.2. The second-order valence-corrected chi connectivity index (χ2v) is 11.4. The number of nitrogens with zero attached hydrogens (tertiary/aromatic N) is 1. The van der Waals surface area contributed by atoms with E-state index in [0.29, 0.717) is 48.7 Å². The Balaban J connectivity index is 1.22. The van der Waals surface area contributed by atoms with Crippen LogP contribution in [0.3, 0.4) is 0 Å². The molecular formula is C34H35ClF3N5O2. The van der Waals surface area contributed by atoms with Crippen molar-refractivity contribution in [2.75, 3.05) is 25.0 Å². The third-order valence-corrected chi connectivity index (χ3v) is 8.24. The number of aromatic nitrogens is 1. The van der Waals surface area contributed by atoms with Crippen molar-refractivity contribution in [3.8, 4) is 0 Å². The highest BCUT2D eigenvalue weighted by molar-refractivity contribution is 6.31. The molecule has 3 aromatic carbocycles. The number of ether oxygens (including phenoxy) is 1. The Morgan fingerprint density at radius 2 is 1.60 bits per heavy atom. The largest absolute Gasteiger partial charge is 0.371 e. The minimum Gasteiger partial charge on any atom is -0.371 e. The molecule has 7 nitrogen and oxygen atoms in total. The maximum absolute atomic E-state index is 15.1. The number of halogens is 4. The van der Waals surface area contributed by atoms with E-state index in [2.05, 4.69) is 20.9 Å². The number of nitrogens with two attached hydrogens (primary N) is 1. The first kappa shape index (κ1) is 32.6. The van der Waals surface area contributed by atoms with Gasteiger partial charge in [-0.25, -0.2) is 13.2 Å². The summed E-state index contributed by atoms with van der Waals surface area (Å²) in [5, 5.41) is 10.2. The highest BCUT2D eigenvalue weighted by atomic mass is 35.5. The third-order valence-electron chi connectivity index (χ3n) is 7.87. The number of anilines is 1. The van der Waals surface area contributed by atoms with E-state index >= 15 is 4.39 Å². The summed E-state index contributed by atoms with van der Waals surface area (Å²) < 4.78 is 48.7. The number of morpholine rings is 1. The highest BCUT2D eigenvalue weighted by Crippen LogP contribution is 2.29. The molecule has 0 bridgehead atoms. The van der Waals surface area contributed by atoms with Gasteiger partial charge in [-0.15, -0.1) is 0 Å². The molecule has 1 saturated heterocycles. The van der Waals surface area contributed by atoms with Gasteiger partial charge in [0.15, 0.2) is 0 Å². The van der Waals surface area contributed by atoms with Gasteiger partial charge in [-0.3, -0.25) is 9.78 Å². The molecule has 1 unspecified atom stereocenters. The molecule has 3 atom stereocenters. The lowest BCUT2D eigenvalue weighted by molar-refractivity contribution is -0.117. The molecule has 5 N–H and O–H groups in total. The van der Waals surface area contributed by atoms with Gasteiger partial charge in [0.25, 0.3) is 0 Å². The fourth-order valence-electron chi connectivity index (χ4n) is 5.52. The molecule has 0 spiro atoms. The maximum Gasteiger partial charge on any atom is 0.242 e. The molecule has 1 amide bonds. The smallest absolute Gasteiger partial charge is 0.242 e. The Hall–Kier alpha value is -3.80. The second-order valence-electron chi connectivity index (χ2n) is 11.0. The summed E-state index contributed by atoms with van der Waals surface area (Å²) in [6.45, 7) is 2.51. The fraction of sp³-hybridized carbons (Fsp3) is 0.294. The van der Waals surface area contributed by atoms with Crippen LogP contribution in [-0.2, 0) is 22.5 Å². The first-order valence-electron chi connectivity index (χ1n) is 14.8. The average Bonchev–Trinajstić information content (AvgIpc) is 3.04. The van der Waals surface area contributed by atoms with Gasteiger partial charge in [0, 0.05) is 42.7 Å². The molecule has 236 valence electrons. The van der Waals surface area contributed by atoms with Crippen LogP contribution in [0.5, 0.6) is 0 Å². The number of amides is 1. The van der Waals surface area contributed by atoms with Gasteiger partial charge < -0.3 is 26.4 Å². The molecule has 4 aromatic rings. The number of hydrogen-bond acceptors (Lipinski definition) is 6. The van der Waals surface area contributed by atoms with Crippen molar-refractivity contribution < 1.29 is 22.7 Å². The van der Waals surface area contributed by atoms with Gasteiger partial charge in [0.1, 0.15) is 17.5 Å². The molecule has 5 rings (SSSR count). The molecule has 0 saturated carbocycles. The number of hydrogen-bond donors (Lipinski definition) is 4. The van der Waals surface area contributed by atoms with Crippen LogP contribution < -0.4 is 21.7 Å². The summed E-state index contributed by atoms with van der Waals surface area (Å²) in [6.07, 6.45) is 3.01. The van der Waals surface area contributed by atoms with Gasteiger partial charge >= 0.3 is 0 Å². The first-order valence-corrected chi connectivity index (χ1v) is 15.2. The van der Waals surface area contributed by atoms with Crippen LogP contribution in [-0.4, -0.2) is 48.8 Å². The SMILES string of the molecule is NC(C(=O)Nc1cncc(F)c1CC[C@@H]1CNC[C@@H](CNCc2ccccc2Cl)O1)C(c1ccc(F)cc1)c1ccc(F)cc1. The highest BCUT2D eigenvalue weighted by Gasteiger charge is 2.29. The van der Waals surface area contributed by atoms with E-state index in [0.717, 1.165) is 11.8 Å². The zero-order chi connectivity index (χ0) is 31.8. The van der Waals surface area contributed by atoms with Crippen LogP contribution in [0, 0.1) is 17.5 Å². The maximum atomic E-state index is 15.1. The summed E-state index contributed by atoms with van der Waals surface area (Å²) in [5.41, 5.74) is 9.11. The van der Waals surface area contributed by atoms with Gasteiger partial charge in [0.2, 0.25) is 5.91 Å². The quantitative estimate of drug-likeness (QED) is 0.168. The summed E-state index contributed by atoms with van der Waals surface area (Å²) >= 11 is 6.25. The van der Waals surface area contributed by atoms with E-state index in [9.17, 15) is 13.6 Å². The Labute approximate surface area is 265 Å². The van der Waals surface area contributed by atoms with Crippen LogP contribution >= 0.6 is 11.6 Å². The van der Waals surface area contributed by atoms with E-state index in [1.54, 1.807) is 0 Å². The molecule has 1 aliphatic heterocycles. The number of pyridine rings is 1. The van der Waals surface area contributed by atoms with Gasteiger partial charge in [-0.1, -0.05) is 54.1 Å². The minimum atomic E-state index is -1.16. The van der Waals surface area contributed by atoms with Gasteiger partial charge in [0.05, 0.1) is 36.3 Å². The Morgan fingerprint density at radius 3 is 2.27 bits per heavy atom. The van der Waals surface area contributed by atoms with Crippen molar-refractivity contribution in [2.24, 2.45) is 5.73 Å². The lowest BCUT2D eigenvalue weighted by atomic mass is 9.85. The number of nitrogens with one attached hydrogen (secondary N) is 3. The molecular weight excluding hydrogens is 603 g/mol. The van der Waals surface area contributed by atoms with Gasteiger partial charge in [-0.05, 0) is 59.9 Å². The average molecular weight is 638 g/mol. The van der Waals surface area contributed by atoms with E-state index in [-0.39, 0.29) is 29.9 Å². The molecule has 1 aliphatic rings. The number of carbonyl (C=O) groups is 1. The third kappa shape index (κ3) is 8.68. The molecule has 11 heteroatoms. The van der Waals surface area contributed by atoms with E-state index in [1.165, 1.54) is 54.7 Å². The number of carbonyl (C=O) groups excluding carboxylic acids is 1. The van der Waals surface area contributed by atoms with Crippen molar-refractivity contribution in [1.29, 1.82) is 0 Å². The van der Waals surface area contributed by atoms with Crippen molar-refractivity contribution in [3.63, 3.8) is 0 Å². The molecule has 0 radical (unpaired) electrons. The lowest BCUT2D eigenvalue weighted by Crippen LogP contribution is -2.48. The summed E-state index contributed by atoms with van der Waals surface area (Å²) in [5.74, 6) is -2.76. The lowest BCUT2D eigenvalue weighted by Gasteiger charge is -2.31. The molecule has 0 aliphatic carbocycles. The number of rotatable bonds is 12. The van der Waals surface area contributed by atoms with Crippen molar-refractivity contribution in [2.45, 2.75) is 43.6 Å². The van der Waals surface area contributed by atoms with E-state index in [4.69, 9.17) is 22.1 Å². The van der Waals surface area contributed by atoms with Crippen molar-refractivity contribution in [3.05, 3.63) is 130 Å². The summed E-state index contributed by atoms with van der Waals surface area (Å²) in [7, 11) is 0. The van der Waals surface area contributed by atoms with Crippen LogP contribution in [0.2, 0.25) is 5.02 Å². The zero-order valence-corrected chi connectivity index (χ0v) is 25.2. The second kappa shape index (κ2) is 15.5. The summed E-state index contributed by atoms with van der Waals surface area (Å²) in [4.78, 5) is 17.4. The number of benzene rings is 3. The van der Waals surface area contributed by atoms with Gasteiger partial charge in [-0.2, -0.15) is 0 Å². The fourth-order valence-corrected chi connectivity index (χ4v) is 5.72. The topological polar surface area (TPSA) is 101 Å². The first-order chi connectivity index (χ1) is 21.8. The molecule has 1 fully saturated rings. The van der Waals surface area contributed by atoms with E-state index < -0.39 is 35.3 Å². The van der Waals surface area contributed by atoms with Crippen LogP contribution in [0.25, 0.3) is 0 Å². The minimum absolute atomic E-state index is 0.0828. The zero-order valence-electron chi connectivity index (χ0n) is 24.5.